The number of hydrogen-bond acceptors (Lipinski definition) is 5. The minimum Gasteiger partial charge on any atom is -0.457 e. The molecule has 1 spiro atoms. The molecular formula is C44H30N4O. The lowest BCUT2D eigenvalue weighted by molar-refractivity contribution is 0.436. The standard InChI is InChI=1S/C44H30N4O/c45-32-21-22-33-34-24-29-19-20-30(43-47-41(27-11-3-1-4-12-27)46-42(48-43)28-13-5-2-6-14-28)23-31(29)25-37(34)44(38(33)26-32)35-15-7-9-17-39(35)49-40-18-10-8-16-36(40)44/h1-26,43H,45H2,(H,46,47,48). The van der Waals surface area contributed by atoms with Crippen molar-refractivity contribution in [2.75, 3.05) is 5.73 Å². The fraction of sp³-hybridized carbons (Fsp3) is 0.0455. The fourth-order valence-corrected chi connectivity index (χ4v) is 7.92. The molecule has 0 saturated heterocycles. The van der Waals surface area contributed by atoms with Gasteiger partial charge in [-0.3, -0.25) is 0 Å². The SMILES string of the molecule is Nc1ccc2c(c1)C1(c3ccccc3Oc3ccccc31)c1cc3cc(C4N=C(c5ccccc5)NC(c5ccccc5)=N4)ccc3cc1-2. The molecule has 0 fully saturated rings. The van der Waals surface area contributed by atoms with Crippen molar-refractivity contribution in [2.24, 2.45) is 9.98 Å². The van der Waals surface area contributed by atoms with Crippen molar-refractivity contribution < 1.29 is 4.74 Å². The summed E-state index contributed by atoms with van der Waals surface area (Å²) >= 11 is 0. The van der Waals surface area contributed by atoms with Gasteiger partial charge in [-0.2, -0.15) is 0 Å². The number of nitrogens with two attached hydrogens (primary N) is 1. The average Bonchev–Trinajstić information content (AvgIpc) is 3.42. The maximum absolute atomic E-state index is 6.54. The zero-order chi connectivity index (χ0) is 32.5. The van der Waals surface area contributed by atoms with Crippen LogP contribution in [0.3, 0.4) is 0 Å². The Kier molecular flexibility index (Phi) is 5.94. The number of hydrogen-bond donors (Lipinski definition) is 2. The first-order valence-electron chi connectivity index (χ1n) is 16.6. The first-order valence-corrected chi connectivity index (χ1v) is 16.6. The summed E-state index contributed by atoms with van der Waals surface area (Å²) in [5, 5.41) is 5.79. The zero-order valence-corrected chi connectivity index (χ0v) is 26.5. The number of fused-ring (bicyclic) bond motifs is 10. The highest BCUT2D eigenvalue weighted by atomic mass is 16.5. The summed E-state index contributed by atoms with van der Waals surface area (Å²) < 4.78 is 6.54. The van der Waals surface area contributed by atoms with Gasteiger partial charge in [0.15, 0.2) is 6.17 Å². The van der Waals surface area contributed by atoms with Crippen LogP contribution in [-0.2, 0) is 5.41 Å². The van der Waals surface area contributed by atoms with Crippen molar-refractivity contribution in [3.8, 4) is 22.6 Å². The van der Waals surface area contributed by atoms with Crippen molar-refractivity contribution >= 4 is 28.1 Å². The number of nitrogens with one attached hydrogen (secondary N) is 1. The third-order valence-corrected chi connectivity index (χ3v) is 10.1. The lowest BCUT2D eigenvalue weighted by atomic mass is 9.66. The van der Waals surface area contributed by atoms with Crippen LogP contribution in [0.2, 0.25) is 0 Å². The van der Waals surface area contributed by atoms with Crippen LogP contribution in [0, 0.1) is 0 Å². The van der Waals surface area contributed by atoms with Crippen LogP contribution in [0.15, 0.2) is 168 Å². The molecule has 0 atom stereocenters. The molecule has 3 N–H and O–H groups in total. The number of anilines is 1. The summed E-state index contributed by atoms with van der Waals surface area (Å²) in [6.45, 7) is 0. The molecule has 7 aromatic carbocycles. The Balaban J connectivity index is 1.20. The summed E-state index contributed by atoms with van der Waals surface area (Å²) in [5.74, 6) is 3.32. The Morgan fingerprint density at radius 3 is 1.76 bits per heavy atom. The van der Waals surface area contributed by atoms with E-state index in [9.17, 15) is 0 Å². The number of para-hydroxylation sites is 2. The molecular weight excluding hydrogens is 601 g/mol. The molecule has 7 aromatic rings. The van der Waals surface area contributed by atoms with Gasteiger partial charge in [-0.05, 0) is 81.1 Å². The molecule has 0 amide bonds. The van der Waals surface area contributed by atoms with Gasteiger partial charge in [0.2, 0.25) is 0 Å². The minimum absolute atomic E-state index is 0.417. The number of rotatable bonds is 3. The second-order valence-corrected chi connectivity index (χ2v) is 12.8. The van der Waals surface area contributed by atoms with E-state index in [1.165, 1.54) is 22.3 Å². The molecule has 5 nitrogen and oxygen atoms in total. The van der Waals surface area contributed by atoms with Crippen LogP contribution in [0.25, 0.3) is 21.9 Å². The number of nitrogens with zero attached hydrogens (tertiary/aromatic N) is 2. The highest BCUT2D eigenvalue weighted by molar-refractivity contribution is 6.16. The van der Waals surface area contributed by atoms with Gasteiger partial charge in [-0.25, -0.2) is 9.98 Å². The van der Waals surface area contributed by atoms with E-state index in [-0.39, 0.29) is 0 Å². The summed E-state index contributed by atoms with van der Waals surface area (Å²) in [7, 11) is 0. The smallest absolute Gasteiger partial charge is 0.169 e. The summed E-state index contributed by atoms with van der Waals surface area (Å²) in [5.41, 5.74) is 16.8. The number of nitrogen functional groups attached to an aromatic ring is 1. The zero-order valence-electron chi connectivity index (χ0n) is 26.5. The Labute approximate surface area is 284 Å². The van der Waals surface area contributed by atoms with E-state index in [4.69, 9.17) is 20.5 Å². The van der Waals surface area contributed by atoms with Crippen molar-refractivity contribution in [3.05, 3.63) is 197 Å². The van der Waals surface area contributed by atoms with Crippen LogP contribution in [0.4, 0.5) is 5.69 Å². The van der Waals surface area contributed by atoms with E-state index >= 15 is 0 Å². The highest BCUT2D eigenvalue weighted by Gasteiger charge is 2.51. The molecule has 1 aliphatic carbocycles. The summed E-state index contributed by atoms with van der Waals surface area (Å²) in [4.78, 5) is 10.3. The van der Waals surface area contributed by atoms with Gasteiger partial charge < -0.3 is 15.8 Å². The van der Waals surface area contributed by atoms with Crippen molar-refractivity contribution in [3.63, 3.8) is 0 Å². The van der Waals surface area contributed by atoms with E-state index in [1.54, 1.807) is 0 Å². The quantitative estimate of drug-likeness (QED) is 0.191. The highest BCUT2D eigenvalue weighted by Crippen LogP contribution is 2.62. The Morgan fingerprint density at radius 1 is 0.510 bits per heavy atom. The molecule has 0 saturated carbocycles. The second kappa shape index (κ2) is 10.5. The lowest BCUT2D eigenvalue weighted by Crippen LogP contribution is -2.35. The molecule has 3 aliphatic rings. The van der Waals surface area contributed by atoms with E-state index < -0.39 is 11.6 Å². The molecule has 49 heavy (non-hydrogen) atoms. The van der Waals surface area contributed by atoms with Gasteiger partial charge in [0, 0.05) is 27.9 Å². The van der Waals surface area contributed by atoms with E-state index in [0.29, 0.717) is 0 Å². The molecule has 0 aromatic heterocycles. The third kappa shape index (κ3) is 4.12. The maximum atomic E-state index is 6.54. The summed E-state index contributed by atoms with van der Waals surface area (Å²) in [6.07, 6.45) is -0.417. The average molecular weight is 631 g/mol. The van der Waals surface area contributed by atoms with Gasteiger partial charge in [-0.1, -0.05) is 115 Å². The Hall–Kier alpha value is -6.46. The van der Waals surface area contributed by atoms with Crippen molar-refractivity contribution in [1.29, 1.82) is 0 Å². The molecule has 0 radical (unpaired) electrons. The Bertz CT molecular complexity index is 2420. The Morgan fingerprint density at radius 2 is 1.10 bits per heavy atom. The predicted octanol–water partition coefficient (Wildman–Crippen LogP) is 9.39. The molecule has 2 heterocycles. The van der Waals surface area contributed by atoms with Gasteiger partial charge in [0.05, 0.1) is 5.41 Å². The molecule has 0 unspecified atom stereocenters. The fourth-order valence-electron chi connectivity index (χ4n) is 7.92. The summed E-state index contributed by atoms with van der Waals surface area (Å²) in [6, 6.07) is 55.0. The lowest BCUT2D eigenvalue weighted by Gasteiger charge is -2.39. The molecule has 0 bridgehead atoms. The van der Waals surface area contributed by atoms with E-state index in [0.717, 1.165) is 67.4 Å². The first kappa shape index (κ1) is 27.6. The van der Waals surface area contributed by atoms with Gasteiger partial charge in [0.1, 0.15) is 23.2 Å². The first-order chi connectivity index (χ1) is 24.2. The van der Waals surface area contributed by atoms with E-state index in [1.807, 2.05) is 54.6 Å². The molecule has 2 aliphatic heterocycles. The van der Waals surface area contributed by atoms with Crippen LogP contribution >= 0.6 is 0 Å². The number of benzene rings is 7. The van der Waals surface area contributed by atoms with Crippen LogP contribution in [0.5, 0.6) is 11.5 Å². The van der Waals surface area contributed by atoms with Crippen LogP contribution in [-0.4, -0.2) is 11.7 Å². The minimum atomic E-state index is -0.596. The maximum Gasteiger partial charge on any atom is 0.169 e. The molecule has 232 valence electrons. The van der Waals surface area contributed by atoms with Crippen molar-refractivity contribution in [1.82, 2.24) is 5.32 Å². The predicted molar refractivity (Wildman–Crippen MR) is 198 cm³/mol. The molecule has 10 rings (SSSR count). The van der Waals surface area contributed by atoms with Crippen LogP contribution < -0.4 is 15.8 Å². The topological polar surface area (TPSA) is 72.0 Å². The van der Waals surface area contributed by atoms with Gasteiger partial charge in [-0.15, -0.1) is 0 Å². The van der Waals surface area contributed by atoms with Crippen LogP contribution in [0.1, 0.15) is 45.1 Å². The second-order valence-electron chi connectivity index (χ2n) is 12.8. The number of amidine groups is 2. The molecule has 5 heteroatoms. The normalized spacial score (nSPS) is 15.3. The largest absolute Gasteiger partial charge is 0.457 e. The third-order valence-electron chi connectivity index (χ3n) is 10.1. The van der Waals surface area contributed by atoms with Gasteiger partial charge >= 0.3 is 0 Å². The van der Waals surface area contributed by atoms with Gasteiger partial charge in [0.25, 0.3) is 0 Å². The van der Waals surface area contributed by atoms with Crippen molar-refractivity contribution in [2.45, 2.75) is 11.6 Å². The number of aliphatic imine (C=N–C) groups is 2. The van der Waals surface area contributed by atoms with E-state index in [2.05, 4.69) is 108 Å². The number of ether oxygens (including phenoxy) is 1. The monoisotopic (exact) mass is 630 g/mol.